The van der Waals surface area contributed by atoms with E-state index in [0.29, 0.717) is 25.7 Å². The third-order valence-electron chi connectivity index (χ3n) is 15.9. The van der Waals surface area contributed by atoms with Crippen LogP contribution in [0.25, 0.3) is 0 Å². The van der Waals surface area contributed by atoms with Gasteiger partial charge < -0.3 is 45.2 Å². The van der Waals surface area contributed by atoms with E-state index in [1.54, 1.807) is 0 Å². The Morgan fingerprint density at radius 2 is 1.60 bits per heavy atom. The van der Waals surface area contributed by atoms with Crippen LogP contribution in [0, 0.1) is 56.7 Å². The lowest BCUT2D eigenvalue weighted by molar-refractivity contribution is -0.299. The molecule has 47 heavy (non-hydrogen) atoms. The zero-order valence-corrected chi connectivity index (χ0v) is 29.4. The SMILES string of the molecule is CC1CC2(C)C(CCC3(C)C2CC=C2C4C(C(=O)OC5OC(CO)C(O)C(O)C5O)(CCC(C)C4(C)O)CCC23C)C(C)(CO)C1O. The molecule has 268 valence electrons. The van der Waals surface area contributed by atoms with Gasteiger partial charge in [-0.2, -0.15) is 0 Å². The summed E-state index contributed by atoms with van der Waals surface area (Å²) in [7, 11) is 0. The average molecular weight is 665 g/mol. The van der Waals surface area contributed by atoms with Crippen LogP contribution in [0.2, 0.25) is 0 Å². The first-order valence-electron chi connectivity index (χ1n) is 18.0. The Bertz CT molecular complexity index is 1270. The second-order valence-corrected chi connectivity index (χ2v) is 17.9. The highest BCUT2D eigenvalue weighted by molar-refractivity contribution is 5.79. The maximum absolute atomic E-state index is 14.5. The van der Waals surface area contributed by atoms with Gasteiger partial charge in [0.05, 0.1) is 30.3 Å². The van der Waals surface area contributed by atoms with Crippen LogP contribution in [0.1, 0.15) is 99.8 Å². The van der Waals surface area contributed by atoms with Crippen LogP contribution >= 0.6 is 0 Å². The molecule has 0 aromatic rings. The summed E-state index contributed by atoms with van der Waals surface area (Å²) in [5.74, 6) is -0.745. The van der Waals surface area contributed by atoms with Crippen LogP contribution in [0.3, 0.4) is 0 Å². The fourth-order valence-electron chi connectivity index (χ4n) is 12.8. The molecule has 0 amide bonds. The summed E-state index contributed by atoms with van der Waals surface area (Å²) in [4.78, 5) is 14.5. The Hall–Kier alpha value is -1.11. The van der Waals surface area contributed by atoms with Crippen molar-refractivity contribution in [3.63, 3.8) is 0 Å². The van der Waals surface area contributed by atoms with Gasteiger partial charge in [0, 0.05) is 11.3 Å². The Morgan fingerprint density at radius 3 is 2.23 bits per heavy atom. The molecule has 0 bridgehead atoms. The van der Waals surface area contributed by atoms with Crippen molar-refractivity contribution in [3.8, 4) is 0 Å². The summed E-state index contributed by atoms with van der Waals surface area (Å²) in [6.45, 7) is 14.5. The van der Waals surface area contributed by atoms with Crippen LogP contribution in [-0.4, -0.2) is 97.3 Å². The number of rotatable bonds is 4. The summed E-state index contributed by atoms with van der Waals surface area (Å²) in [5.41, 5.74) is -2.43. The molecule has 10 heteroatoms. The van der Waals surface area contributed by atoms with E-state index in [1.165, 1.54) is 0 Å². The van der Waals surface area contributed by atoms with Crippen LogP contribution in [0.5, 0.6) is 0 Å². The van der Waals surface area contributed by atoms with Crippen LogP contribution in [0.4, 0.5) is 0 Å². The summed E-state index contributed by atoms with van der Waals surface area (Å²) in [5, 5.41) is 75.5. The number of hydrogen-bond acceptors (Lipinski definition) is 10. The molecule has 0 aromatic heterocycles. The lowest BCUT2D eigenvalue weighted by Crippen LogP contribution is -2.69. The van der Waals surface area contributed by atoms with Crippen molar-refractivity contribution in [2.45, 2.75) is 142 Å². The van der Waals surface area contributed by atoms with E-state index < -0.39 is 71.7 Å². The number of hydrogen-bond donors (Lipinski definition) is 7. The van der Waals surface area contributed by atoms with Crippen molar-refractivity contribution in [1.82, 2.24) is 0 Å². The molecule has 5 aliphatic carbocycles. The van der Waals surface area contributed by atoms with Gasteiger partial charge in [0.15, 0.2) is 0 Å². The van der Waals surface area contributed by atoms with E-state index in [9.17, 15) is 40.5 Å². The molecule has 0 radical (unpaired) electrons. The van der Waals surface area contributed by atoms with E-state index in [0.717, 1.165) is 31.3 Å². The summed E-state index contributed by atoms with van der Waals surface area (Å²) < 4.78 is 11.5. The van der Waals surface area contributed by atoms with E-state index >= 15 is 0 Å². The molecule has 0 spiro atoms. The minimum absolute atomic E-state index is 0.0463. The Labute approximate surface area is 279 Å². The molecule has 4 saturated carbocycles. The number of aliphatic hydroxyl groups is 7. The zero-order chi connectivity index (χ0) is 34.7. The molecule has 17 unspecified atom stereocenters. The second-order valence-electron chi connectivity index (χ2n) is 17.9. The number of ether oxygens (including phenoxy) is 2. The molecule has 7 N–H and O–H groups in total. The average Bonchev–Trinajstić information content (AvgIpc) is 3.02. The molecule has 10 nitrogen and oxygen atoms in total. The number of carbonyl (C=O) groups is 1. The highest BCUT2D eigenvalue weighted by atomic mass is 16.7. The van der Waals surface area contributed by atoms with E-state index in [-0.39, 0.29) is 46.5 Å². The van der Waals surface area contributed by atoms with E-state index in [1.807, 2.05) is 13.8 Å². The molecular formula is C37H60O10. The molecule has 1 heterocycles. The Kier molecular flexibility index (Phi) is 8.70. The van der Waals surface area contributed by atoms with Gasteiger partial charge in [-0.25, -0.2) is 0 Å². The van der Waals surface area contributed by atoms with Crippen LogP contribution in [0.15, 0.2) is 11.6 Å². The Morgan fingerprint density at radius 1 is 0.915 bits per heavy atom. The van der Waals surface area contributed by atoms with Gasteiger partial charge in [-0.1, -0.05) is 53.2 Å². The van der Waals surface area contributed by atoms with E-state index in [4.69, 9.17) is 9.47 Å². The minimum atomic E-state index is -1.70. The molecule has 1 saturated heterocycles. The number of allylic oxidation sites excluding steroid dienone is 1. The van der Waals surface area contributed by atoms with Crippen molar-refractivity contribution in [2.75, 3.05) is 13.2 Å². The highest BCUT2D eigenvalue weighted by Crippen LogP contribution is 2.76. The van der Waals surface area contributed by atoms with Gasteiger partial charge in [-0.15, -0.1) is 0 Å². The van der Waals surface area contributed by atoms with Crippen molar-refractivity contribution in [3.05, 3.63) is 11.6 Å². The third kappa shape index (κ3) is 4.61. The normalized spacial score (nSPS) is 57.5. The molecule has 6 aliphatic rings. The molecule has 1 aliphatic heterocycles. The summed E-state index contributed by atoms with van der Waals surface area (Å²) in [6, 6.07) is 0. The van der Waals surface area contributed by atoms with Crippen LogP contribution in [-0.2, 0) is 14.3 Å². The smallest absolute Gasteiger partial charge is 0.315 e. The molecular weight excluding hydrogens is 604 g/mol. The first kappa shape index (κ1) is 35.7. The van der Waals surface area contributed by atoms with Gasteiger partial charge in [0.25, 0.3) is 0 Å². The molecule has 5 fully saturated rings. The number of esters is 1. The maximum Gasteiger partial charge on any atom is 0.315 e. The molecule has 6 rings (SSSR count). The van der Waals surface area contributed by atoms with Gasteiger partial charge in [0.2, 0.25) is 6.29 Å². The van der Waals surface area contributed by atoms with Gasteiger partial charge in [-0.3, -0.25) is 4.79 Å². The van der Waals surface area contributed by atoms with Gasteiger partial charge >= 0.3 is 5.97 Å². The van der Waals surface area contributed by atoms with Crippen molar-refractivity contribution >= 4 is 5.97 Å². The molecule has 0 aromatic carbocycles. The fourth-order valence-corrected chi connectivity index (χ4v) is 12.8. The Balaban J connectivity index is 1.40. The topological polar surface area (TPSA) is 177 Å². The second kappa shape index (κ2) is 11.5. The van der Waals surface area contributed by atoms with Crippen molar-refractivity contribution in [2.24, 2.45) is 56.7 Å². The maximum atomic E-state index is 14.5. The summed E-state index contributed by atoms with van der Waals surface area (Å²) >= 11 is 0. The van der Waals surface area contributed by atoms with Crippen molar-refractivity contribution in [1.29, 1.82) is 0 Å². The largest absolute Gasteiger partial charge is 0.432 e. The van der Waals surface area contributed by atoms with Crippen molar-refractivity contribution < 1.29 is 50.0 Å². The first-order valence-corrected chi connectivity index (χ1v) is 18.0. The van der Waals surface area contributed by atoms with E-state index in [2.05, 4.69) is 40.7 Å². The number of fused-ring (bicyclic) bond motifs is 7. The lowest BCUT2D eigenvalue weighted by Gasteiger charge is -2.72. The van der Waals surface area contributed by atoms with Gasteiger partial charge in [-0.05, 0) is 98.2 Å². The minimum Gasteiger partial charge on any atom is -0.432 e. The monoisotopic (exact) mass is 664 g/mol. The van der Waals surface area contributed by atoms with Crippen LogP contribution < -0.4 is 0 Å². The number of aliphatic hydroxyl groups excluding tert-OH is 6. The zero-order valence-electron chi connectivity index (χ0n) is 29.4. The first-order chi connectivity index (χ1) is 21.8. The lowest BCUT2D eigenvalue weighted by atomic mass is 9.32. The van der Waals surface area contributed by atoms with Gasteiger partial charge in [0.1, 0.15) is 24.4 Å². The predicted molar refractivity (Wildman–Crippen MR) is 172 cm³/mol. The standard InChI is InChI=1S/C37H60O10/c1-19-16-32(3)23(33(4,18-39)29(19)43)11-12-35(6)24(32)9-8-21-28-36(7,45)20(2)10-13-37(28,15-14-34(21,35)5)31(44)47-30-27(42)26(41)25(40)22(17-38)46-30/h8,19-20,22-30,38-43,45H,9-18H2,1-7H3. The third-order valence-corrected chi connectivity index (χ3v) is 15.9. The predicted octanol–water partition coefficient (Wildman–Crippen LogP) is 2.68. The fraction of sp³-hybridized carbons (Fsp3) is 0.919. The number of carbonyl (C=O) groups excluding carboxylic acids is 1. The summed E-state index contributed by atoms with van der Waals surface area (Å²) in [6.07, 6.45) is -0.252. The highest BCUT2D eigenvalue weighted by Gasteiger charge is 2.72. The molecule has 17 atom stereocenters. The quantitative estimate of drug-likeness (QED) is 0.175.